The van der Waals surface area contributed by atoms with E-state index >= 15 is 0 Å². The van der Waals surface area contributed by atoms with Crippen LogP contribution in [0, 0.1) is 25.5 Å². The fourth-order valence-corrected chi connectivity index (χ4v) is 4.84. The van der Waals surface area contributed by atoms with Gasteiger partial charge in [-0.3, -0.25) is 19.1 Å². The van der Waals surface area contributed by atoms with Crippen LogP contribution in [0.4, 0.5) is 0 Å². The van der Waals surface area contributed by atoms with Crippen LogP contribution in [0.5, 0.6) is 0 Å². The Hall–Kier alpha value is -3.56. The fourth-order valence-electron chi connectivity index (χ4n) is 4.55. The lowest BCUT2D eigenvalue weighted by atomic mass is 10.1. The van der Waals surface area contributed by atoms with E-state index in [9.17, 15) is 9.59 Å². The summed E-state index contributed by atoms with van der Waals surface area (Å²) in [7, 11) is 0. The second kappa shape index (κ2) is 9.24. The zero-order valence-electron chi connectivity index (χ0n) is 20.0. The predicted octanol–water partition coefficient (Wildman–Crippen LogP) is 3.92. The summed E-state index contributed by atoms with van der Waals surface area (Å²) in [5.74, 6) is 0.777. The van der Waals surface area contributed by atoms with Crippen molar-refractivity contribution in [2.24, 2.45) is 0 Å². The molecule has 0 saturated carbocycles. The molecule has 4 aromatic rings. The number of aryl methyl sites for hydroxylation is 2. The van der Waals surface area contributed by atoms with Gasteiger partial charge >= 0.3 is 0 Å². The van der Waals surface area contributed by atoms with Crippen LogP contribution in [-0.2, 0) is 6.54 Å². The van der Waals surface area contributed by atoms with Crippen molar-refractivity contribution in [1.82, 2.24) is 24.5 Å². The zero-order valence-corrected chi connectivity index (χ0v) is 20.8. The normalized spacial score (nSPS) is 14.5. The molecule has 0 spiro atoms. The molecule has 1 N–H and O–H groups in total. The molecule has 35 heavy (non-hydrogen) atoms. The van der Waals surface area contributed by atoms with Gasteiger partial charge in [0.25, 0.3) is 11.5 Å². The Bertz CT molecular complexity index is 1540. The Balaban J connectivity index is 1.37. The van der Waals surface area contributed by atoms with Crippen molar-refractivity contribution in [3.63, 3.8) is 0 Å². The lowest BCUT2D eigenvalue weighted by Crippen LogP contribution is -2.48. The third-order valence-corrected chi connectivity index (χ3v) is 6.96. The van der Waals surface area contributed by atoms with Gasteiger partial charge in [-0.25, -0.2) is 0 Å². The highest BCUT2D eigenvalue weighted by Gasteiger charge is 2.23. The van der Waals surface area contributed by atoms with Gasteiger partial charge in [-0.2, -0.15) is 0 Å². The molecular formula is C26H27N5O3S. The zero-order chi connectivity index (χ0) is 24.7. The van der Waals surface area contributed by atoms with Crippen molar-refractivity contribution in [2.75, 3.05) is 26.2 Å². The number of carbonyl (C=O) groups excluding carboxylic acids is 1. The number of aromatic amines is 1. The van der Waals surface area contributed by atoms with E-state index in [0.717, 1.165) is 41.4 Å². The first-order valence-electron chi connectivity index (χ1n) is 11.6. The topological polar surface area (TPSA) is 87.4 Å². The molecule has 1 aliphatic heterocycles. The predicted molar refractivity (Wildman–Crippen MR) is 137 cm³/mol. The monoisotopic (exact) mass is 489 g/mol. The lowest BCUT2D eigenvalue weighted by Gasteiger charge is -2.34. The Labute approximate surface area is 207 Å². The molecular weight excluding hydrogens is 462 g/mol. The summed E-state index contributed by atoms with van der Waals surface area (Å²) < 4.78 is 7.14. The van der Waals surface area contributed by atoms with Gasteiger partial charge in [0.2, 0.25) is 0 Å². The average molecular weight is 490 g/mol. The van der Waals surface area contributed by atoms with Crippen LogP contribution in [0.3, 0.4) is 0 Å². The number of nitrogens with one attached hydrogen (secondary N) is 1. The maximum absolute atomic E-state index is 13.3. The smallest absolute Gasteiger partial charge is 0.266 e. The molecule has 3 heterocycles. The molecule has 8 nitrogen and oxygen atoms in total. The minimum atomic E-state index is -0.201. The molecule has 1 amide bonds. The number of fused-ring (bicyclic) bond motifs is 1. The van der Waals surface area contributed by atoms with Crippen LogP contribution in [0.1, 0.15) is 32.9 Å². The van der Waals surface area contributed by atoms with Crippen LogP contribution >= 0.6 is 12.2 Å². The number of rotatable bonds is 4. The third-order valence-electron chi connectivity index (χ3n) is 6.68. The Morgan fingerprint density at radius 2 is 1.86 bits per heavy atom. The maximum atomic E-state index is 13.3. The van der Waals surface area contributed by atoms with E-state index < -0.39 is 0 Å². The summed E-state index contributed by atoms with van der Waals surface area (Å²) in [6.07, 6.45) is 0. The van der Waals surface area contributed by atoms with Gasteiger partial charge in [-0.1, -0.05) is 17.3 Å². The molecule has 1 saturated heterocycles. The van der Waals surface area contributed by atoms with Crippen molar-refractivity contribution >= 4 is 29.0 Å². The summed E-state index contributed by atoms with van der Waals surface area (Å²) >= 11 is 5.55. The largest absolute Gasteiger partial charge is 0.360 e. The van der Waals surface area contributed by atoms with E-state index in [2.05, 4.69) is 15.0 Å². The standard InChI is InChI=1S/C26H27N5O3S/c1-16-5-4-6-23(18(16)3)31-25(33)21-8-7-19(14-22(21)27-26(31)35)24(32)30-11-9-29(10-12-30)15-20-13-17(2)28-34-20/h4-8,13-14H,9-12,15H2,1-3H3,(H,27,35). The van der Waals surface area contributed by atoms with Gasteiger partial charge in [0.1, 0.15) is 0 Å². The molecule has 0 atom stereocenters. The number of carbonyl (C=O) groups is 1. The molecule has 1 aliphatic rings. The number of amides is 1. The second-order valence-corrected chi connectivity index (χ2v) is 9.44. The van der Waals surface area contributed by atoms with Crippen molar-refractivity contribution < 1.29 is 9.32 Å². The molecule has 1 fully saturated rings. The first-order valence-corrected chi connectivity index (χ1v) is 12.0. The van der Waals surface area contributed by atoms with Crippen LogP contribution in [-0.4, -0.2) is 56.6 Å². The second-order valence-electron chi connectivity index (χ2n) is 9.05. The highest BCUT2D eigenvalue weighted by molar-refractivity contribution is 7.71. The van der Waals surface area contributed by atoms with E-state index in [-0.39, 0.29) is 11.5 Å². The van der Waals surface area contributed by atoms with Gasteiger partial charge in [0.05, 0.1) is 28.8 Å². The summed E-state index contributed by atoms with van der Waals surface area (Å²) in [6.45, 7) is 9.31. The molecule has 0 aliphatic carbocycles. The lowest BCUT2D eigenvalue weighted by molar-refractivity contribution is 0.0617. The van der Waals surface area contributed by atoms with Gasteiger partial charge in [-0.05, 0) is 68.4 Å². The van der Waals surface area contributed by atoms with Crippen molar-refractivity contribution in [3.8, 4) is 5.69 Å². The van der Waals surface area contributed by atoms with Crippen molar-refractivity contribution in [3.05, 3.63) is 85.7 Å². The molecule has 2 aromatic heterocycles. The quantitative estimate of drug-likeness (QED) is 0.437. The van der Waals surface area contributed by atoms with E-state index in [1.54, 1.807) is 18.2 Å². The van der Waals surface area contributed by atoms with E-state index in [4.69, 9.17) is 16.7 Å². The Kier molecular flexibility index (Phi) is 6.12. The number of benzene rings is 2. The van der Waals surface area contributed by atoms with E-state index in [0.29, 0.717) is 40.9 Å². The molecule has 2 aromatic carbocycles. The highest BCUT2D eigenvalue weighted by atomic mass is 32.1. The summed E-state index contributed by atoms with van der Waals surface area (Å²) in [4.78, 5) is 33.8. The van der Waals surface area contributed by atoms with Crippen LogP contribution < -0.4 is 5.56 Å². The summed E-state index contributed by atoms with van der Waals surface area (Å²) in [5, 5.41) is 4.42. The Morgan fingerprint density at radius 1 is 1.09 bits per heavy atom. The van der Waals surface area contributed by atoms with Crippen LogP contribution in [0.25, 0.3) is 16.6 Å². The minimum Gasteiger partial charge on any atom is -0.360 e. The summed E-state index contributed by atoms with van der Waals surface area (Å²) in [5.41, 5.74) is 4.60. The minimum absolute atomic E-state index is 0.0555. The van der Waals surface area contributed by atoms with Crippen molar-refractivity contribution in [1.29, 1.82) is 0 Å². The van der Waals surface area contributed by atoms with Gasteiger partial charge in [-0.15, -0.1) is 0 Å². The average Bonchev–Trinajstić information content (AvgIpc) is 3.25. The number of hydrogen-bond donors (Lipinski definition) is 1. The molecule has 180 valence electrons. The first kappa shape index (κ1) is 23.2. The summed E-state index contributed by atoms with van der Waals surface area (Å²) in [6, 6.07) is 12.9. The van der Waals surface area contributed by atoms with Gasteiger partial charge in [0, 0.05) is 37.8 Å². The maximum Gasteiger partial charge on any atom is 0.266 e. The number of nitrogens with zero attached hydrogens (tertiary/aromatic N) is 4. The SMILES string of the molecule is Cc1cc(CN2CCN(C(=O)c3ccc4c(=O)n(-c5cccc(C)c5C)c(=S)[nH]c4c3)CC2)on1. The molecule has 0 unspecified atom stereocenters. The van der Waals surface area contributed by atoms with Gasteiger partial charge < -0.3 is 14.4 Å². The third kappa shape index (κ3) is 4.44. The number of H-pyrrole nitrogens is 1. The number of hydrogen-bond acceptors (Lipinski definition) is 6. The molecule has 0 radical (unpaired) electrons. The van der Waals surface area contributed by atoms with Crippen LogP contribution in [0.2, 0.25) is 0 Å². The number of piperazine rings is 1. The fraction of sp³-hybridized carbons (Fsp3) is 0.308. The first-order chi connectivity index (χ1) is 16.8. The molecule has 5 rings (SSSR count). The number of aromatic nitrogens is 3. The highest BCUT2D eigenvalue weighted by Crippen LogP contribution is 2.19. The van der Waals surface area contributed by atoms with Crippen LogP contribution in [0.15, 0.2) is 51.8 Å². The van der Waals surface area contributed by atoms with E-state index in [1.807, 2.05) is 49.9 Å². The Morgan fingerprint density at radius 3 is 2.57 bits per heavy atom. The molecule has 0 bridgehead atoms. The van der Waals surface area contributed by atoms with Gasteiger partial charge in [0.15, 0.2) is 10.5 Å². The van der Waals surface area contributed by atoms with Crippen molar-refractivity contribution in [2.45, 2.75) is 27.3 Å². The molecule has 9 heteroatoms. The van der Waals surface area contributed by atoms with E-state index in [1.165, 1.54) is 4.57 Å².